The summed E-state index contributed by atoms with van der Waals surface area (Å²) in [6.07, 6.45) is 1.63. The van der Waals surface area contributed by atoms with E-state index < -0.39 is 0 Å². The highest BCUT2D eigenvalue weighted by molar-refractivity contribution is 7.07. The molecule has 0 aliphatic carbocycles. The summed E-state index contributed by atoms with van der Waals surface area (Å²) in [7, 11) is 0. The highest BCUT2D eigenvalue weighted by atomic mass is 32.1. The minimum atomic E-state index is 0.207. The third-order valence-electron chi connectivity index (χ3n) is 1.12. The van der Waals surface area contributed by atoms with Gasteiger partial charge in [-0.25, -0.2) is 5.84 Å². The Labute approximate surface area is 74.8 Å². The number of nitrogens with zero attached hydrogens (tertiary/aromatic N) is 3. The second kappa shape index (κ2) is 4.13. The lowest BCUT2D eigenvalue weighted by atomic mass is 10.4. The molecule has 0 atom stereocenters. The molecule has 0 radical (unpaired) electrons. The second-order valence-electron chi connectivity index (χ2n) is 2.50. The van der Waals surface area contributed by atoms with Crippen LogP contribution in [0.5, 0.6) is 0 Å². The maximum atomic E-state index is 5.28. The summed E-state index contributed by atoms with van der Waals surface area (Å²) in [5.74, 6) is 5.92. The molecule has 1 heterocycles. The number of hydrazine groups is 1. The van der Waals surface area contributed by atoms with E-state index in [0.717, 1.165) is 4.88 Å². The van der Waals surface area contributed by atoms with Gasteiger partial charge >= 0.3 is 0 Å². The first-order valence-corrected chi connectivity index (χ1v) is 4.33. The number of aliphatic imine (C=N–C) groups is 1. The van der Waals surface area contributed by atoms with Gasteiger partial charge in [-0.05, 0) is 25.4 Å². The van der Waals surface area contributed by atoms with Gasteiger partial charge in [0.2, 0.25) is 0 Å². The van der Waals surface area contributed by atoms with Crippen LogP contribution in [0.15, 0.2) is 11.2 Å². The smallest absolute Gasteiger partial charge is 0.156 e. The van der Waals surface area contributed by atoms with Crippen molar-refractivity contribution in [3.8, 4) is 0 Å². The molecule has 0 saturated heterocycles. The molecule has 12 heavy (non-hydrogen) atoms. The third kappa shape index (κ3) is 2.24. The van der Waals surface area contributed by atoms with Crippen LogP contribution in [0.3, 0.4) is 0 Å². The number of hydrogen-bond donors (Lipinski definition) is 2. The van der Waals surface area contributed by atoms with E-state index in [1.807, 2.05) is 13.8 Å². The zero-order valence-electron chi connectivity index (χ0n) is 6.98. The van der Waals surface area contributed by atoms with Gasteiger partial charge in [-0.1, -0.05) is 4.49 Å². The van der Waals surface area contributed by atoms with E-state index in [0.29, 0.717) is 5.84 Å². The van der Waals surface area contributed by atoms with Gasteiger partial charge in [0.25, 0.3) is 0 Å². The fourth-order valence-corrected chi connectivity index (χ4v) is 1.18. The zero-order chi connectivity index (χ0) is 8.97. The number of nitrogens with one attached hydrogen (secondary N) is 1. The molecule has 0 amide bonds. The molecule has 0 aliphatic rings. The molecular formula is C6H11N5S. The Morgan fingerprint density at radius 3 is 2.92 bits per heavy atom. The maximum Gasteiger partial charge on any atom is 0.156 e. The Morgan fingerprint density at radius 1 is 1.75 bits per heavy atom. The molecule has 0 aromatic carbocycles. The molecule has 0 saturated carbocycles. The summed E-state index contributed by atoms with van der Waals surface area (Å²) in [4.78, 5) is 5.10. The van der Waals surface area contributed by atoms with E-state index in [1.165, 1.54) is 11.5 Å². The molecule has 0 unspecified atom stereocenters. The van der Waals surface area contributed by atoms with Gasteiger partial charge in [0.05, 0.1) is 6.20 Å². The van der Waals surface area contributed by atoms with Gasteiger partial charge in [-0.15, -0.1) is 5.10 Å². The first-order chi connectivity index (χ1) is 5.74. The molecular weight excluding hydrogens is 174 g/mol. The van der Waals surface area contributed by atoms with Crippen molar-refractivity contribution in [1.29, 1.82) is 0 Å². The van der Waals surface area contributed by atoms with Crippen molar-refractivity contribution in [2.75, 3.05) is 0 Å². The van der Waals surface area contributed by atoms with Crippen molar-refractivity contribution in [2.45, 2.75) is 19.9 Å². The average molecular weight is 185 g/mol. The van der Waals surface area contributed by atoms with Crippen LogP contribution in [0.4, 0.5) is 0 Å². The van der Waals surface area contributed by atoms with E-state index in [-0.39, 0.29) is 6.04 Å². The van der Waals surface area contributed by atoms with Gasteiger partial charge in [-0.3, -0.25) is 4.99 Å². The Bertz CT molecular complexity index is 253. The zero-order valence-corrected chi connectivity index (χ0v) is 7.80. The number of amidine groups is 1. The molecule has 1 aromatic heterocycles. The van der Waals surface area contributed by atoms with Crippen LogP contribution in [0.25, 0.3) is 0 Å². The molecule has 5 nitrogen and oxygen atoms in total. The van der Waals surface area contributed by atoms with Crippen molar-refractivity contribution in [1.82, 2.24) is 15.0 Å². The Balaban J connectivity index is 2.83. The molecule has 66 valence electrons. The lowest BCUT2D eigenvalue weighted by Crippen LogP contribution is -2.31. The van der Waals surface area contributed by atoms with E-state index >= 15 is 0 Å². The molecule has 0 aliphatic heterocycles. The summed E-state index contributed by atoms with van der Waals surface area (Å²) in [5, 5.41) is 3.69. The number of aromatic nitrogens is 2. The third-order valence-corrected chi connectivity index (χ3v) is 1.79. The fraction of sp³-hybridized carbons (Fsp3) is 0.500. The molecule has 1 aromatic rings. The molecule has 6 heteroatoms. The summed E-state index contributed by atoms with van der Waals surface area (Å²) in [5.41, 5.74) is 2.52. The monoisotopic (exact) mass is 185 g/mol. The van der Waals surface area contributed by atoms with Crippen LogP contribution in [0.1, 0.15) is 18.7 Å². The number of nitrogens with two attached hydrogens (primary N) is 1. The topological polar surface area (TPSA) is 76.2 Å². The highest BCUT2D eigenvalue weighted by Crippen LogP contribution is 2.03. The summed E-state index contributed by atoms with van der Waals surface area (Å²) < 4.78 is 3.71. The average Bonchev–Trinajstić information content (AvgIpc) is 2.51. The van der Waals surface area contributed by atoms with E-state index in [9.17, 15) is 0 Å². The Morgan fingerprint density at radius 2 is 2.50 bits per heavy atom. The Hall–Kier alpha value is -1.01. The summed E-state index contributed by atoms with van der Waals surface area (Å²) in [6, 6.07) is 0.207. The van der Waals surface area contributed by atoms with Crippen molar-refractivity contribution in [3.05, 3.63) is 11.1 Å². The van der Waals surface area contributed by atoms with Gasteiger partial charge in [0, 0.05) is 6.04 Å². The van der Waals surface area contributed by atoms with Crippen LogP contribution in [0, 0.1) is 0 Å². The minimum Gasteiger partial charge on any atom is -0.307 e. The van der Waals surface area contributed by atoms with Crippen molar-refractivity contribution >= 4 is 17.4 Å². The Kier molecular flexibility index (Phi) is 3.12. The second-order valence-corrected chi connectivity index (χ2v) is 3.28. The minimum absolute atomic E-state index is 0.207. The van der Waals surface area contributed by atoms with E-state index in [2.05, 4.69) is 20.0 Å². The first kappa shape index (κ1) is 9.08. The normalized spacial score (nSPS) is 12.2. The lowest BCUT2D eigenvalue weighted by Gasteiger charge is -2.03. The van der Waals surface area contributed by atoms with Gasteiger partial charge in [0.15, 0.2) is 5.84 Å². The molecule has 3 N–H and O–H groups in total. The highest BCUT2D eigenvalue weighted by Gasteiger charge is 2.04. The standard InChI is InChI=1S/C6H11N5S/c1-4(2)9-6(10-7)5-3-8-11-12-5/h3-4H,7H2,1-2H3,(H,9,10). The van der Waals surface area contributed by atoms with Crippen LogP contribution in [-0.2, 0) is 0 Å². The largest absolute Gasteiger partial charge is 0.307 e. The molecule has 1 rings (SSSR count). The van der Waals surface area contributed by atoms with Crippen molar-refractivity contribution < 1.29 is 0 Å². The van der Waals surface area contributed by atoms with Crippen LogP contribution < -0.4 is 11.3 Å². The van der Waals surface area contributed by atoms with Gasteiger partial charge < -0.3 is 5.43 Å². The number of rotatable bonds is 2. The summed E-state index contributed by atoms with van der Waals surface area (Å²) >= 11 is 1.26. The quantitative estimate of drug-likeness (QED) is 0.298. The lowest BCUT2D eigenvalue weighted by molar-refractivity contribution is 0.821. The molecule has 0 spiro atoms. The van der Waals surface area contributed by atoms with Gasteiger partial charge in [0.1, 0.15) is 4.88 Å². The summed E-state index contributed by atoms with van der Waals surface area (Å²) in [6.45, 7) is 3.96. The first-order valence-electron chi connectivity index (χ1n) is 3.56. The van der Waals surface area contributed by atoms with Crippen molar-refractivity contribution in [3.63, 3.8) is 0 Å². The van der Waals surface area contributed by atoms with Crippen LogP contribution >= 0.6 is 11.5 Å². The molecule has 0 bridgehead atoms. The predicted molar refractivity (Wildman–Crippen MR) is 48.9 cm³/mol. The van der Waals surface area contributed by atoms with Crippen molar-refractivity contribution in [2.24, 2.45) is 10.8 Å². The van der Waals surface area contributed by atoms with Crippen LogP contribution in [0.2, 0.25) is 0 Å². The van der Waals surface area contributed by atoms with E-state index in [1.54, 1.807) is 6.20 Å². The number of hydrogen-bond acceptors (Lipinski definition) is 5. The van der Waals surface area contributed by atoms with E-state index in [4.69, 9.17) is 5.84 Å². The SMILES string of the molecule is CC(C)N=C(NN)c1cnns1. The maximum absolute atomic E-state index is 5.28. The predicted octanol–water partition coefficient (Wildman–Crippen LogP) is 0.156. The molecule has 0 fully saturated rings. The van der Waals surface area contributed by atoms with Gasteiger partial charge in [-0.2, -0.15) is 0 Å². The van der Waals surface area contributed by atoms with Crippen LogP contribution in [-0.4, -0.2) is 21.5 Å². The fourth-order valence-electron chi connectivity index (χ4n) is 0.702.